The predicted octanol–water partition coefficient (Wildman–Crippen LogP) is 2.21. The van der Waals surface area contributed by atoms with Crippen LogP contribution >= 0.6 is 0 Å². The topological polar surface area (TPSA) is 53.3 Å². The largest absolute Gasteiger partial charge is 0.461 e. The molecule has 19 heavy (non-hydrogen) atoms. The molecule has 1 aromatic rings. The van der Waals surface area contributed by atoms with Crippen molar-refractivity contribution < 1.29 is 9.53 Å². The van der Waals surface area contributed by atoms with E-state index in [1.54, 1.807) is 0 Å². The van der Waals surface area contributed by atoms with Crippen LogP contribution < -0.4 is 0 Å². The molecule has 0 amide bonds. The van der Waals surface area contributed by atoms with Gasteiger partial charge in [0, 0.05) is 19.5 Å². The SMILES string of the molecule is CC(CN(C)CCC#N)C(=O)OCc1ccccc1. The van der Waals surface area contributed by atoms with E-state index in [1.165, 1.54) is 0 Å². The van der Waals surface area contributed by atoms with E-state index < -0.39 is 0 Å². The van der Waals surface area contributed by atoms with Gasteiger partial charge in [0.25, 0.3) is 0 Å². The lowest BCUT2D eigenvalue weighted by Gasteiger charge is -2.19. The highest BCUT2D eigenvalue weighted by Gasteiger charge is 2.16. The number of hydrogen-bond donors (Lipinski definition) is 0. The minimum Gasteiger partial charge on any atom is -0.461 e. The Morgan fingerprint density at radius 2 is 2.11 bits per heavy atom. The molecule has 4 nitrogen and oxygen atoms in total. The van der Waals surface area contributed by atoms with Crippen LogP contribution in [-0.2, 0) is 16.1 Å². The van der Waals surface area contributed by atoms with E-state index in [9.17, 15) is 4.79 Å². The highest BCUT2D eigenvalue weighted by Crippen LogP contribution is 2.06. The lowest BCUT2D eigenvalue weighted by molar-refractivity contribution is -0.149. The van der Waals surface area contributed by atoms with Gasteiger partial charge in [-0.05, 0) is 12.6 Å². The van der Waals surface area contributed by atoms with Crippen LogP contribution in [0, 0.1) is 17.2 Å². The first-order valence-electron chi connectivity index (χ1n) is 6.39. The minimum absolute atomic E-state index is 0.188. The average molecular weight is 260 g/mol. The van der Waals surface area contributed by atoms with E-state index in [0.717, 1.165) is 5.56 Å². The van der Waals surface area contributed by atoms with Crippen molar-refractivity contribution in [1.29, 1.82) is 5.26 Å². The molecule has 0 saturated heterocycles. The Morgan fingerprint density at radius 1 is 1.42 bits per heavy atom. The third kappa shape index (κ3) is 6.03. The quantitative estimate of drug-likeness (QED) is 0.705. The molecule has 102 valence electrons. The van der Waals surface area contributed by atoms with Crippen LogP contribution in [0.5, 0.6) is 0 Å². The molecule has 0 bridgehead atoms. The van der Waals surface area contributed by atoms with E-state index in [0.29, 0.717) is 26.1 Å². The van der Waals surface area contributed by atoms with Gasteiger partial charge in [-0.3, -0.25) is 4.79 Å². The van der Waals surface area contributed by atoms with Gasteiger partial charge in [-0.15, -0.1) is 0 Å². The fraction of sp³-hybridized carbons (Fsp3) is 0.467. The van der Waals surface area contributed by atoms with E-state index in [1.807, 2.05) is 49.2 Å². The van der Waals surface area contributed by atoms with Gasteiger partial charge in [-0.2, -0.15) is 5.26 Å². The molecular formula is C15H20N2O2. The second kappa shape index (κ2) is 8.28. The van der Waals surface area contributed by atoms with Gasteiger partial charge in [0.1, 0.15) is 6.61 Å². The number of benzene rings is 1. The van der Waals surface area contributed by atoms with Crippen LogP contribution in [0.15, 0.2) is 30.3 Å². The molecule has 0 saturated carbocycles. The summed E-state index contributed by atoms with van der Waals surface area (Å²) in [5.41, 5.74) is 0.987. The van der Waals surface area contributed by atoms with Crippen LogP contribution in [-0.4, -0.2) is 31.0 Å². The van der Waals surface area contributed by atoms with Crippen molar-refractivity contribution in [2.75, 3.05) is 20.1 Å². The summed E-state index contributed by atoms with van der Waals surface area (Å²) in [4.78, 5) is 13.8. The second-order valence-corrected chi connectivity index (χ2v) is 4.66. The molecule has 0 aliphatic carbocycles. The number of esters is 1. The number of hydrogen-bond acceptors (Lipinski definition) is 4. The summed E-state index contributed by atoms with van der Waals surface area (Å²) in [5, 5.41) is 8.50. The van der Waals surface area contributed by atoms with Crippen LogP contribution in [0.25, 0.3) is 0 Å². The summed E-state index contributed by atoms with van der Waals surface area (Å²) in [6.45, 7) is 3.43. The van der Waals surface area contributed by atoms with Crippen molar-refractivity contribution in [3.8, 4) is 6.07 Å². The molecule has 0 spiro atoms. The number of ether oxygens (including phenoxy) is 1. The summed E-state index contributed by atoms with van der Waals surface area (Å²) in [6, 6.07) is 11.7. The van der Waals surface area contributed by atoms with Gasteiger partial charge in [0.2, 0.25) is 0 Å². The van der Waals surface area contributed by atoms with Crippen LogP contribution in [0.4, 0.5) is 0 Å². The zero-order chi connectivity index (χ0) is 14.1. The Balaban J connectivity index is 2.31. The van der Waals surface area contributed by atoms with E-state index >= 15 is 0 Å². The number of carbonyl (C=O) groups excluding carboxylic acids is 1. The smallest absolute Gasteiger partial charge is 0.310 e. The summed E-state index contributed by atoms with van der Waals surface area (Å²) in [6.07, 6.45) is 0.474. The Labute approximate surface area is 114 Å². The summed E-state index contributed by atoms with van der Waals surface area (Å²) in [7, 11) is 1.90. The van der Waals surface area contributed by atoms with Gasteiger partial charge < -0.3 is 9.64 Å². The molecule has 0 aliphatic rings. The summed E-state index contributed by atoms with van der Waals surface area (Å²) in [5.74, 6) is -0.389. The van der Waals surface area contributed by atoms with Gasteiger partial charge in [-0.25, -0.2) is 0 Å². The van der Waals surface area contributed by atoms with Crippen LogP contribution in [0.2, 0.25) is 0 Å². The maximum Gasteiger partial charge on any atom is 0.310 e. The normalized spacial score (nSPS) is 11.9. The molecule has 0 radical (unpaired) electrons. The maximum atomic E-state index is 11.8. The van der Waals surface area contributed by atoms with Crippen LogP contribution in [0.3, 0.4) is 0 Å². The van der Waals surface area contributed by atoms with Crippen molar-refractivity contribution in [2.45, 2.75) is 20.0 Å². The van der Waals surface area contributed by atoms with Gasteiger partial charge in [-0.1, -0.05) is 37.3 Å². The Morgan fingerprint density at radius 3 is 2.74 bits per heavy atom. The number of rotatable bonds is 7. The predicted molar refractivity (Wildman–Crippen MR) is 73.1 cm³/mol. The summed E-state index contributed by atoms with van der Waals surface area (Å²) < 4.78 is 5.26. The Hall–Kier alpha value is -1.86. The molecule has 1 aromatic carbocycles. The third-order valence-electron chi connectivity index (χ3n) is 2.82. The Bertz CT molecular complexity index is 426. The lowest BCUT2D eigenvalue weighted by Crippen LogP contribution is -2.30. The number of carbonyl (C=O) groups is 1. The fourth-order valence-corrected chi connectivity index (χ4v) is 1.75. The van der Waals surface area contributed by atoms with E-state index in [4.69, 9.17) is 10.00 Å². The number of nitrogens with zero attached hydrogens (tertiary/aromatic N) is 2. The average Bonchev–Trinajstić information content (AvgIpc) is 2.43. The first-order valence-corrected chi connectivity index (χ1v) is 6.39. The van der Waals surface area contributed by atoms with E-state index in [-0.39, 0.29) is 11.9 Å². The zero-order valence-electron chi connectivity index (χ0n) is 11.5. The molecule has 0 aromatic heterocycles. The minimum atomic E-state index is -0.201. The van der Waals surface area contributed by atoms with E-state index in [2.05, 4.69) is 6.07 Å². The molecule has 0 fully saturated rings. The molecule has 4 heteroatoms. The second-order valence-electron chi connectivity index (χ2n) is 4.66. The molecule has 0 N–H and O–H groups in total. The fourth-order valence-electron chi connectivity index (χ4n) is 1.75. The summed E-state index contributed by atoms with van der Waals surface area (Å²) >= 11 is 0. The van der Waals surface area contributed by atoms with Gasteiger partial charge in [0.15, 0.2) is 0 Å². The monoisotopic (exact) mass is 260 g/mol. The third-order valence-corrected chi connectivity index (χ3v) is 2.82. The molecule has 1 rings (SSSR count). The van der Waals surface area contributed by atoms with Crippen molar-refractivity contribution in [2.24, 2.45) is 5.92 Å². The molecule has 0 heterocycles. The first-order chi connectivity index (χ1) is 9.13. The zero-order valence-corrected chi connectivity index (χ0v) is 11.5. The van der Waals surface area contributed by atoms with Gasteiger partial charge in [0.05, 0.1) is 12.0 Å². The standard InChI is InChI=1S/C15H20N2O2/c1-13(11-17(2)10-6-9-16)15(18)19-12-14-7-4-3-5-8-14/h3-5,7-8,13H,6,10-12H2,1-2H3. The molecule has 1 atom stereocenters. The molecular weight excluding hydrogens is 240 g/mol. The molecule has 1 unspecified atom stereocenters. The maximum absolute atomic E-state index is 11.8. The number of nitriles is 1. The van der Waals surface area contributed by atoms with Crippen molar-refractivity contribution in [1.82, 2.24) is 4.90 Å². The van der Waals surface area contributed by atoms with Gasteiger partial charge >= 0.3 is 5.97 Å². The van der Waals surface area contributed by atoms with Crippen molar-refractivity contribution in [3.05, 3.63) is 35.9 Å². The lowest BCUT2D eigenvalue weighted by atomic mass is 10.1. The Kier molecular flexibility index (Phi) is 6.62. The highest BCUT2D eigenvalue weighted by atomic mass is 16.5. The van der Waals surface area contributed by atoms with Crippen LogP contribution in [0.1, 0.15) is 18.9 Å². The molecule has 0 aliphatic heterocycles. The van der Waals surface area contributed by atoms with Crippen molar-refractivity contribution >= 4 is 5.97 Å². The first kappa shape index (κ1) is 15.2. The highest BCUT2D eigenvalue weighted by molar-refractivity contribution is 5.72. The van der Waals surface area contributed by atoms with Crippen molar-refractivity contribution in [3.63, 3.8) is 0 Å².